The first-order chi connectivity index (χ1) is 13.7. The van der Waals surface area contributed by atoms with Gasteiger partial charge in [0.1, 0.15) is 5.69 Å². The summed E-state index contributed by atoms with van der Waals surface area (Å²) >= 11 is 0. The zero-order valence-electron chi connectivity index (χ0n) is 14.8. The second kappa shape index (κ2) is 7.79. The summed E-state index contributed by atoms with van der Waals surface area (Å²) in [6, 6.07) is 17.9. The van der Waals surface area contributed by atoms with E-state index >= 15 is 0 Å². The molecule has 7 nitrogen and oxygen atoms in total. The molecule has 0 unspecified atom stereocenters. The second-order valence-corrected chi connectivity index (χ2v) is 6.21. The molecule has 0 spiro atoms. The van der Waals surface area contributed by atoms with Crippen LogP contribution < -0.4 is 10.6 Å². The van der Waals surface area contributed by atoms with Gasteiger partial charge < -0.3 is 19.6 Å². The maximum absolute atomic E-state index is 12.2. The predicted octanol–water partition coefficient (Wildman–Crippen LogP) is 3.53. The summed E-state index contributed by atoms with van der Waals surface area (Å²) in [6.45, 7) is 0.376. The molecule has 2 aromatic heterocycles. The highest BCUT2D eigenvalue weighted by Gasteiger charge is 2.12. The van der Waals surface area contributed by atoms with Gasteiger partial charge in [-0.2, -0.15) is 0 Å². The molecule has 2 heterocycles. The van der Waals surface area contributed by atoms with Crippen LogP contribution in [-0.4, -0.2) is 17.0 Å². The number of nitrogens with one attached hydrogen (secondary N) is 2. The average molecular weight is 375 g/mol. The van der Waals surface area contributed by atoms with E-state index in [2.05, 4.69) is 15.8 Å². The van der Waals surface area contributed by atoms with Crippen molar-refractivity contribution in [2.45, 2.75) is 13.0 Å². The zero-order chi connectivity index (χ0) is 19.3. The van der Waals surface area contributed by atoms with Crippen molar-refractivity contribution >= 4 is 28.5 Å². The van der Waals surface area contributed by atoms with Crippen molar-refractivity contribution in [2.75, 3.05) is 5.32 Å². The lowest BCUT2D eigenvalue weighted by Crippen LogP contribution is -2.24. The molecule has 0 radical (unpaired) electrons. The Morgan fingerprint density at radius 3 is 2.57 bits per heavy atom. The van der Waals surface area contributed by atoms with Gasteiger partial charge in [0.25, 0.3) is 5.91 Å². The van der Waals surface area contributed by atoms with Crippen LogP contribution >= 0.6 is 0 Å². The van der Waals surface area contributed by atoms with Crippen molar-refractivity contribution < 1.29 is 18.5 Å². The van der Waals surface area contributed by atoms with Crippen molar-refractivity contribution in [1.82, 2.24) is 10.5 Å². The number of anilines is 1. The smallest absolute Gasteiger partial charge is 0.291 e. The Bertz CT molecular complexity index is 1100. The number of carbonyl (C=O) groups excluding carboxylic acids is 2. The van der Waals surface area contributed by atoms with Crippen LogP contribution in [0, 0.1) is 0 Å². The van der Waals surface area contributed by atoms with Gasteiger partial charge in [0, 0.05) is 17.6 Å². The lowest BCUT2D eigenvalue weighted by Gasteiger charge is -2.07. The Hall–Kier alpha value is -3.87. The Morgan fingerprint density at radius 1 is 0.964 bits per heavy atom. The van der Waals surface area contributed by atoms with Crippen LogP contribution in [0.15, 0.2) is 75.9 Å². The second-order valence-electron chi connectivity index (χ2n) is 6.21. The Kier molecular flexibility index (Phi) is 4.88. The van der Waals surface area contributed by atoms with Crippen molar-refractivity contribution in [3.63, 3.8) is 0 Å². The molecule has 2 N–H and O–H groups in total. The first kappa shape index (κ1) is 17.5. The molecule has 4 aromatic rings. The summed E-state index contributed by atoms with van der Waals surface area (Å²) in [7, 11) is 0. The van der Waals surface area contributed by atoms with Gasteiger partial charge in [-0.1, -0.05) is 29.4 Å². The van der Waals surface area contributed by atoms with Gasteiger partial charge in [0.05, 0.1) is 12.7 Å². The molecule has 0 saturated heterocycles. The number of para-hydroxylation sites is 1. The largest absolute Gasteiger partial charge is 0.459 e. The number of benzene rings is 2. The van der Waals surface area contributed by atoms with Gasteiger partial charge in [-0.3, -0.25) is 9.59 Å². The van der Waals surface area contributed by atoms with Gasteiger partial charge >= 0.3 is 0 Å². The Morgan fingerprint density at radius 2 is 1.79 bits per heavy atom. The summed E-state index contributed by atoms with van der Waals surface area (Å²) in [5.41, 5.74) is 2.83. The highest BCUT2D eigenvalue weighted by molar-refractivity contribution is 6.02. The van der Waals surface area contributed by atoms with Crippen molar-refractivity contribution in [2.24, 2.45) is 0 Å². The molecule has 0 fully saturated rings. The van der Waals surface area contributed by atoms with Gasteiger partial charge in [0.15, 0.2) is 11.3 Å². The average Bonchev–Trinajstić information content (AvgIpc) is 3.38. The van der Waals surface area contributed by atoms with E-state index in [4.69, 9.17) is 8.94 Å². The molecule has 0 aliphatic rings. The highest BCUT2D eigenvalue weighted by Crippen LogP contribution is 2.18. The monoisotopic (exact) mass is 375 g/mol. The van der Waals surface area contributed by atoms with Crippen LogP contribution in [0.1, 0.15) is 21.8 Å². The number of hydrogen-bond donors (Lipinski definition) is 2. The van der Waals surface area contributed by atoms with E-state index in [1.807, 2.05) is 36.4 Å². The summed E-state index contributed by atoms with van der Waals surface area (Å²) < 4.78 is 10.3. The number of aromatic nitrogens is 1. The number of rotatable bonds is 6. The van der Waals surface area contributed by atoms with Crippen LogP contribution in [-0.2, 0) is 17.8 Å². The maximum atomic E-state index is 12.2. The summed E-state index contributed by atoms with van der Waals surface area (Å²) in [5, 5.41) is 10.4. The molecule has 0 saturated carbocycles. The number of amides is 2. The van der Waals surface area contributed by atoms with Gasteiger partial charge in [-0.15, -0.1) is 0 Å². The molecular formula is C21H17N3O4. The first-order valence-corrected chi connectivity index (χ1v) is 8.73. The van der Waals surface area contributed by atoms with E-state index in [9.17, 15) is 9.59 Å². The van der Waals surface area contributed by atoms with E-state index < -0.39 is 0 Å². The fraction of sp³-hybridized carbons (Fsp3) is 0.0952. The number of furan rings is 1. The first-order valence-electron chi connectivity index (χ1n) is 8.73. The molecule has 0 atom stereocenters. The molecule has 2 amide bonds. The van der Waals surface area contributed by atoms with E-state index in [-0.39, 0.29) is 24.0 Å². The minimum Gasteiger partial charge on any atom is -0.459 e. The van der Waals surface area contributed by atoms with Gasteiger partial charge in [0.2, 0.25) is 5.91 Å². The molecule has 0 bridgehead atoms. The van der Waals surface area contributed by atoms with Crippen LogP contribution in [0.3, 0.4) is 0 Å². The Labute approximate surface area is 160 Å². The van der Waals surface area contributed by atoms with Gasteiger partial charge in [-0.25, -0.2) is 0 Å². The normalized spacial score (nSPS) is 10.7. The fourth-order valence-electron chi connectivity index (χ4n) is 2.79. The molecule has 0 aliphatic heterocycles. The number of hydrogen-bond acceptors (Lipinski definition) is 5. The predicted molar refractivity (Wildman–Crippen MR) is 103 cm³/mol. The lowest BCUT2D eigenvalue weighted by molar-refractivity contribution is -0.120. The Balaban J connectivity index is 1.31. The van der Waals surface area contributed by atoms with Crippen molar-refractivity contribution in [1.29, 1.82) is 0 Å². The molecule has 0 aliphatic carbocycles. The van der Waals surface area contributed by atoms with Crippen LogP contribution in [0.4, 0.5) is 5.69 Å². The van der Waals surface area contributed by atoms with Gasteiger partial charge in [-0.05, 0) is 42.0 Å². The molecular weight excluding hydrogens is 358 g/mol. The third-order valence-corrected chi connectivity index (χ3v) is 4.23. The molecule has 140 valence electrons. The van der Waals surface area contributed by atoms with Crippen LogP contribution in [0.25, 0.3) is 11.0 Å². The minimum atomic E-state index is -0.314. The third-order valence-electron chi connectivity index (χ3n) is 4.23. The summed E-state index contributed by atoms with van der Waals surface area (Å²) in [6.07, 6.45) is 1.59. The van der Waals surface area contributed by atoms with E-state index in [1.54, 1.807) is 24.3 Å². The zero-order valence-corrected chi connectivity index (χ0v) is 14.8. The minimum absolute atomic E-state index is 0.144. The topological polar surface area (TPSA) is 97.4 Å². The molecule has 4 rings (SSSR count). The maximum Gasteiger partial charge on any atom is 0.291 e. The van der Waals surface area contributed by atoms with E-state index in [0.29, 0.717) is 23.5 Å². The molecule has 28 heavy (non-hydrogen) atoms. The van der Waals surface area contributed by atoms with E-state index in [0.717, 1.165) is 10.9 Å². The summed E-state index contributed by atoms with van der Waals surface area (Å²) in [4.78, 5) is 24.2. The lowest BCUT2D eigenvalue weighted by atomic mass is 10.1. The third kappa shape index (κ3) is 3.93. The number of nitrogens with zero attached hydrogens (tertiary/aromatic N) is 1. The standard InChI is InChI=1S/C21H17N3O4/c25-20(12-17-16-4-1-2-5-18(16)28-24-17)22-13-14-7-9-15(10-8-14)23-21(26)19-6-3-11-27-19/h1-11H,12-13H2,(H,22,25)(H,23,26). The van der Waals surface area contributed by atoms with Crippen LogP contribution in [0.2, 0.25) is 0 Å². The fourth-order valence-corrected chi connectivity index (χ4v) is 2.79. The number of carbonyl (C=O) groups is 2. The molecule has 2 aromatic carbocycles. The van der Waals surface area contributed by atoms with Crippen molar-refractivity contribution in [3.8, 4) is 0 Å². The highest BCUT2D eigenvalue weighted by atomic mass is 16.5. The van der Waals surface area contributed by atoms with Crippen LogP contribution in [0.5, 0.6) is 0 Å². The number of fused-ring (bicyclic) bond motifs is 1. The van der Waals surface area contributed by atoms with E-state index in [1.165, 1.54) is 6.26 Å². The molecule has 7 heteroatoms. The summed E-state index contributed by atoms with van der Waals surface area (Å²) in [5.74, 6) is -0.211. The quantitative estimate of drug-likeness (QED) is 0.537. The SMILES string of the molecule is O=C(Cc1noc2ccccc12)NCc1ccc(NC(=O)c2ccco2)cc1. The van der Waals surface area contributed by atoms with Crippen molar-refractivity contribution in [3.05, 3.63) is 83.9 Å².